The predicted molar refractivity (Wildman–Crippen MR) is 131 cm³/mol. The second-order valence-corrected chi connectivity index (χ2v) is 11.7. The van der Waals surface area contributed by atoms with E-state index in [1.807, 2.05) is 4.90 Å². The van der Waals surface area contributed by atoms with Crippen LogP contribution >= 0.6 is 12.4 Å². The number of aryl methyl sites for hydroxylation is 1. The van der Waals surface area contributed by atoms with Gasteiger partial charge >= 0.3 is 0 Å². The number of imidazole rings is 1. The van der Waals surface area contributed by atoms with Crippen LogP contribution in [0.2, 0.25) is 0 Å². The number of piperazine rings is 1. The van der Waals surface area contributed by atoms with E-state index in [1.165, 1.54) is 27.5 Å². The maximum atomic E-state index is 14.2. The Labute approximate surface area is 220 Å². The van der Waals surface area contributed by atoms with E-state index in [1.54, 1.807) is 14.0 Å². The summed E-state index contributed by atoms with van der Waals surface area (Å²) in [7, 11) is -2.13. The molecule has 1 saturated heterocycles. The summed E-state index contributed by atoms with van der Waals surface area (Å²) in [6.07, 6.45) is 2.07. The first-order chi connectivity index (χ1) is 16.9. The molecule has 1 aromatic carbocycles. The van der Waals surface area contributed by atoms with Crippen LogP contribution in [0.15, 0.2) is 35.7 Å². The molecule has 0 N–H and O–H groups in total. The summed E-state index contributed by atoms with van der Waals surface area (Å²) in [5.41, 5.74) is -1.44. The smallest absolute Gasteiger partial charge is 0.262 e. The average molecular weight is 567 g/mol. The van der Waals surface area contributed by atoms with E-state index >= 15 is 0 Å². The van der Waals surface area contributed by atoms with E-state index in [4.69, 9.17) is 0 Å². The predicted octanol–water partition coefficient (Wildman–Crippen LogP) is 4.28. The highest BCUT2D eigenvalue weighted by Gasteiger charge is 2.50. The van der Waals surface area contributed by atoms with Crippen LogP contribution in [-0.2, 0) is 17.1 Å². The number of sulfonamides is 1. The van der Waals surface area contributed by atoms with Crippen LogP contribution in [0, 0.1) is 17.6 Å². The number of carbonyl (C=O) groups excluding carboxylic acids is 1. The third-order valence-corrected chi connectivity index (χ3v) is 9.44. The van der Waals surface area contributed by atoms with Crippen molar-refractivity contribution >= 4 is 28.2 Å². The highest BCUT2D eigenvalue weighted by molar-refractivity contribution is 7.89. The van der Waals surface area contributed by atoms with Gasteiger partial charge in [0.05, 0.1) is 11.9 Å². The van der Waals surface area contributed by atoms with Crippen LogP contribution in [0.25, 0.3) is 0 Å². The van der Waals surface area contributed by atoms with Gasteiger partial charge in [-0.25, -0.2) is 31.0 Å². The molecule has 1 aliphatic heterocycles. The second kappa shape index (κ2) is 11.0. The lowest BCUT2D eigenvalue weighted by atomic mass is 9.69. The Balaban J connectivity index is 0.00000380. The molecule has 0 radical (unpaired) electrons. The van der Waals surface area contributed by atoms with Crippen molar-refractivity contribution in [2.75, 3.05) is 26.2 Å². The highest BCUT2D eigenvalue weighted by Crippen LogP contribution is 2.47. The minimum Gasteiger partial charge on any atom is -0.339 e. The molecule has 37 heavy (non-hydrogen) atoms. The topological polar surface area (TPSA) is 75.5 Å². The van der Waals surface area contributed by atoms with E-state index in [0.29, 0.717) is 0 Å². The van der Waals surface area contributed by atoms with Crippen molar-refractivity contribution in [3.8, 4) is 0 Å². The molecular weight excluding hydrogens is 536 g/mol. The first-order valence-corrected chi connectivity index (χ1v) is 13.4. The fourth-order valence-electron chi connectivity index (χ4n) is 5.53. The molecule has 2 aromatic rings. The third-order valence-electron chi connectivity index (χ3n) is 7.65. The second-order valence-electron chi connectivity index (χ2n) is 9.85. The number of ketones is 1. The fraction of sp³-hybridized carbons (Fsp3) is 0.583. The van der Waals surface area contributed by atoms with E-state index in [-0.39, 0.29) is 75.7 Å². The monoisotopic (exact) mass is 566 g/mol. The van der Waals surface area contributed by atoms with Crippen LogP contribution < -0.4 is 0 Å². The fourth-order valence-corrected chi connectivity index (χ4v) is 6.92. The third kappa shape index (κ3) is 5.86. The number of hydrogen-bond donors (Lipinski definition) is 0. The Bertz CT molecular complexity index is 1200. The van der Waals surface area contributed by atoms with E-state index in [9.17, 15) is 30.8 Å². The molecule has 0 bridgehead atoms. The summed E-state index contributed by atoms with van der Waals surface area (Å²) in [6.45, 7) is 2.59. The Morgan fingerprint density at radius 2 is 1.62 bits per heavy atom. The quantitative estimate of drug-likeness (QED) is 0.369. The number of hydrogen-bond acceptors (Lipinski definition) is 5. The van der Waals surface area contributed by atoms with Crippen molar-refractivity contribution in [3.63, 3.8) is 0 Å². The Hall–Kier alpha value is -2.02. The highest BCUT2D eigenvalue weighted by atomic mass is 35.5. The first kappa shape index (κ1) is 29.5. The molecule has 2 fully saturated rings. The Morgan fingerprint density at radius 1 is 1.05 bits per heavy atom. The number of halogens is 5. The summed E-state index contributed by atoms with van der Waals surface area (Å²) in [5, 5.41) is -0.0589. The number of carbonyl (C=O) groups is 1. The molecule has 13 heteroatoms. The molecular formula is C24H31ClF4N4O3S. The molecule has 1 saturated carbocycles. The van der Waals surface area contributed by atoms with E-state index in [2.05, 4.69) is 4.98 Å². The summed E-state index contributed by atoms with van der Waals surface area (Å²) in [4.78, 5) is 18.8. The minimum atomic E-state index is -3.80. The number of Topliss-reactive ketones (excluding diaryl/α,β-unsaturated/α-hetero) is 1. The lowest BCUT2D eigenvalue weighted by Gasteiger charge is -2.53. The zero-order chi connectivity index (χ0) is 26.3. The molecule has 0 amide bonds. The lowest BCUT2D eigenvalue weighted by Crippen LogP contribution is -2.62. The van der Waals surface area contributed by atoms with Crippen LogP contribution in [0.1, 0.15) is 49.4 Å². The molecule has 0 spiro atoms. The summed E-state index contributed by atoms with van der Waals surface area (Å²) in [6, 6.07) is 3.20. The van der Waals surface area contributed by atoms with Gasteiger partial charge in [-0.1, -0.05) is 13.0 Å². The van der Waals surface area contributed by atoms with Gasteiger partial charge in [-0.15, -0.1) is 12.4 Å². The Morgan fingerprint density at radius 3 is 2.14 bits per heavy atom. The van der Waals surface area contributed by atoms with Crippen molar-refractivity contribution in [2.45, 2.75) is 55.5 Å². The molecule has 1 unspecified atom stereocenters. The summed E-state index contributed by atoms with van der Waals surface area (Å²) in [5.74, 6) is -5.94. The number of benzene rings is 1. The van der Waals surface area contributed by atoms with Crippen molar-refractivity contribution in [1.29, 1.82) is 0 Å². The van der Waals surface area contributed by atoms with Gasteiger partial charge in [0.2, 0.25) is 5.92 Å². The minimum absolute atomic E-state index is 0. The van der Waals surface area contributed by atoms with Gasteiger partial charge in [0, 0.05) is 64.2 Å². The number of aromatic nitrogens is 2. The van der Waals surface area contributed by atoms with Gasteiger partial charge in [0.25, 0.3) is 10.0 Å². The normalized spacial score (nSPS) is 21.2. The lowest BCUT2D eigenvalue weighted by molar-refractivity contribution is -0.103. The van der Waals surface area contributed by atoms with Crippen LogP contribution in [0.5, 0.6) is 0 Å². The van der Waals surface area contributed by atoms with Crippen LogP contribution in [0.4, 0.5) is 17.6 Å². The maximum Gasteiger partial charge on any atom is 0.262 e. The van der Waals surface area contributed by atoms with Crippen LogP contribution in [0.3, 0.4) is 0 Å². The van der Waals surface area contributed by atoms with Crippen molar-refractivity contribution in [3.05, 3.63) is 47.9 Å². The molecule has 1 aliphatic carbocycles. The molecule has 2 aliphatic rings. The average Bonchev–Trinajstić information content (AvgIpc) is 3.26. The number of alkyl halides is 2. The molecule has 1 atom stereocenters. The van der Waals surface area contributed by atoms with Gasteiger partial charge in [0.1, 0.15) is 11.6 Å². The summed E-state index contributed by atoms with van der Waals surface area (Å²) < 4.78 is 85.5. The zero-order valence-electron chi connectivity index (χ0n) is 20.7. The molecule has 7 nitrogen and oxygen atoms in total. The van der Waals surface area contributed by atoms with E-state index < -0.39 is 50.4 Å². The van der Waals surface area contributed by atoms with Gasteiger partial charge in [-0.2, -0.15) is 4.31 Å². The van der Waals surface area contributed by atoms with Gasteiger partial charge in [-0.3, -0.25) is 9.69 Å². The maximum absolute atomic E-state index is 14.2. The van der Waals surface area contributed by atoms with Crippen molar-refractivity contribution in [2.24, 2.45) is 13.0 Å². The first-order valence-electron chi connectivity index (χ1n) is 11.9. The SMILES string of the molecule is CC(CC(=O)c1c(F)cccc1F)C1(N2CCN(S(=O)(=O)c3cn(C)cn3)CC2)CCC(F)(F)CC1.Cl. The van der Waals surface area contributed by atoms with Gasteiger partial charge in [-0.05, 0) is 30.9 Å². The largest absolute Gasteiger partial charge is 0.339 e. The summed E-state index contributed by atoms with van der Waals surface area (Å²) >= 11 is 0. The van der Waals surface area contributed by atoms with Crippen LogP contribution in [-0.4, -0.2) is 70.6 Å². The Kier molecular flexibility index (Phi) is 8.78. The number of nitrogens with zero attached hydrogens (tertiary/aromatic N) is 4. The molecule has 2 heterocycles. The van der Waals surface area contributed by atoms with Crippen molar-refractivity contribution in [1.82, 2.24) is 18.8 Å². The van der Waals surface area contributed by atoms with Crippen molar-refractivity contribution < 1.29 is 30.8 Å². The zero-order valence-corrected chi connectivity index (χ0v) is 22.3. The molecule has 206 valence electrons. The molecule has 1 aromatic heterocycles. The van der Waals surface area contributed by atoms with Gasteiger partial charge < -0.3 is 4.57 Å². The molecule has 4 rings (SSSR count). The van der Waals surface area contributed by atoms with E-state index in [0.717, 1.165) is 12.1 Å². The number of rotatable bonds is 7. The van der Waals surface area contributed by atoms with Gasteiger partial charge in [0.15, 0.2) is 10.8 Å². The standard InChI is InChI=1S/C24H30F4N4O3S.ClH/c1-17(14-20(33)22-18(25)4-3-5-19(22)26)23(6-8-24(27,28)9-7-23)31-10-12-32(13-11-31)36(34,35)21-15-30(2)16-29-21;/h3-5,15-17H,6-14H2,1-2H3;1H.